The lowest BCUT2D eigenvalue weighted by atomic mass is 9.71. The first-order valence-corrected chi connectivity index (χ1v) is 15.5. The van der Waals surface area contributed by atoms with Crippen LogP contribution in [0.1, 0.15) is 42.5 Å². The maximum absolute atomic E-state index is 14.0. The summed E-state index contributed by atoms with van der Waals surface area (Å²) in [5.41, 5.74) is 2.87. The number of hydrogen-bond donors (Lipinski definition) is 0. The van der Waals surface area contributed by atoms with E-state index in [0.29, 0.717) is 43.5 Å². The maximum Gasteiger partial charge on any atom is 0.268 e. The van der Waals surface area contributed by atoms with Crippen molar-refractivity contribution >= 4 is 32.8 Å². The van der Waals surface area contributed by atoms with Crippen LogP contribution in [-0.4, -0.2) is 59.9 Å². The highest BCUT2D eigenvalue weighted by Gasteiger charge is 2.46. The number of nitrogens with zero attached hydrogens (tertiary/aromatic N) is 5. The van der Waals surface area contributed by atoms with Crippen LogP contribution in [0.15, 0.2) is 65.7 Å². The van der Waals surface area contributed by atoms with Crippen molar-refractivity contribution in [3.05, 3.63) is 77.6 Å². The number of aryl methyl sites for hydroxylation is 2. The Morgan fingerprint density at radius 3 is 2.41 bits per heavy atom. The highest BCUT2D eigenvalue weighted by atomic mass is 32.2. The molecule has 0 unspecified atom stereocenters. The van der Waals surface area contributed by atoms with Crippen LogP contribution in [0.3, 0.4) is 0 Å². The lowest BCUT2D eigenvalue weighted by Crippen LogP contribution is -2.53. The molecular formula is C31H35N5O4S. The van der Waals surface area contributed by atoms with Crippen molar-refractivity contribution in [1.82, 2.24) is 18.8 Å². The van der Waals surface area contributed by atoms with Gasteiger partial charge in [-0.15, -0.1) is 0 Å². The van der Waals surface area contributed by atoms with Crippen LogP contribution >= 0.6 is 0 Å². The second kappa shape index (κ2) is 10.5. The molecule has 2 aliphatic heterocycles. The van der Waals surface area contributed by atoms with Gasteiger partial charge in [0.1, 0.15) is 0 Å². The van der Waals surface area contributed by atoms with Crippen LogP contribution in [-0.2, 0) is 21.4 Å². The van der Waals surface area contributed by atoms with Gasteiger partial charge in [-0.3, -0.25) is 4.79 Å². The number of likely N-dealkylation sites (tertiary alicyclic amines) is 1. The topological polar surface area (TPSA) is 97.6 Å². The lowest BCUT2D eigenvalue weighted by Gasteiger charge is -2.46. The zero-order valence-electron chi connectivity index (χ0n) is 23.7. The van der Waals surface area contributed by atoms with E-state index in [0.717, 1.165) is 47.9 Å². The first-order chi connectivity index (χ1) is 19.7. The first kappa shape index (κ1) is 27.3. The number of hydrogen-bond acceptors (Lipinski definition) is 7. The molecule has 2 saturated heterocycles. The van der Waals surface area contributed by atoms with Crippen LogP contribution in [0.25, 0.3) is 10.9 Å². The summed E-state index contributed by atoms with van der Waals surface area (Å²) in [4.78, 5) is 27.4. The van der Waals surface area contributed by atoms with E-state index < -0.39 is 15.4 Å². The van der Waals surface area contributed by atoms with E-state index >= 15 is 0 Å². The zero-order valence-corrected chi connectivity index (χ0v) is 24.5. The van der Waals surface area contributed by atoms with Crippen molar-refractivity contribution in [2.45, 2.75) is 51.0 Å². The number of para-hydroxylation sites is 1. The second-order valence-electron chi connectivity index (χ2n) is 11.2. The Kier molecular flexibility index (Phi) is 6.97. The number of aromatic nitrogens is 3. The SMILES string of the molecule is COc1cc(C)nc(N2CCC3(CCCN(Cc4cn(S(=O)(=O)c5ccc(C)cc5)c5ccccc45)C3=O)CC2)n1. The van der Waals surface area contributed by atoms with Gasteiger partial charge < -0.3 is 14.5 Å². The fraction of sp³-hybridized carbons (Fsp3) is 0.387. The Labute approximate surface area is 240 Å². The van der Waals surface area contributed by atoms with Gasteiger partial charge in [-0.2, -0.15) is 4.98 Å². The fourth-order valence-corrected chi connectivity index (χ4v) is 7.64. The average Bonchev–Trinajstić information content (AvgIpc) is 3.35. The Bertz CT molecular complexity index is 1710. The molecule has 0 aliphatic carbocycles. The third kappa shape index (κ3) is 4.94. The van der Waals surface area contributed by atoms with Crippen LogP contribution in [0.4, 0.5) is 5.95 Å². The van der Waals surface area contributed by atoms with Gasteiger partial charge >= 0.3 is 0 Å². The maximum atomic E-state index is 14.0. The number of methoxy groups -OCH3 is 1. The summed E-state index contributed by atoms with van der Waals surface area (Å²) >= 11 is 0. The molecule has 2 fully saturated rings. The van der Waals surface area contributed by atoms with Crippen LogP contribution in [0.2, 0.25) is 0 Å². The smallest absolute Gasteiger partial charge is 0.268 e. The fourth-order valence-electron chi connectivity index (χ4n) is 6.24. The van der Waals surface area contributed by atoms with E-state index in [1.807, 2.05) is 43.0 Å². The molecule has 1 amide bonds. The number of ether oxygens (including phenoxy) is 1. The summed E-state index contributed by atoms with van der Waals surface area (Å²) in [5, 5.41) is 0.843. The molecule has 1 spiro atoms. The van der Waals surface area contributed by atoms with Crippen molar-refractivity contribution in [2.24, 2.45) is 5.41 Å². The summed E-state index contributed by atoms with van der Waals surface area (Å²) < 4.78 is 34.0. The molecule has 0 atom stereocenters. The number of amides is 1. The van der Waals surface area contributed by atoms with Gasteiger partial charge in [0.05, 0.1) is 22.9 Å². The number of benzene rings is 2. The summed E-state index contributed by atoms with van der Waals surface area (Å²) in [7, 11) is -2.20. The lowest BCUT2D eigenvalue weighted by molar-refractivity contribution is -0.148. The molecule has 6 rings (SSSR count). The Balaban J connectivity index is 1.24. The minimum atomic E-state index is -3.80. The average molecular weight is 574 g/mol. The number of piperidine rings is 2. The second-order valence-corrected chi connectivity index (χ2v) is 13.0. The molecule has 9 nitrogen and oxygen atoms in total. The third-order valence-corrected chi connectivity index (χ3v) is 10.2. The van der Waals surface area contributed by atoms with E-state index in [1.165, 1.54) is 3.97 Å². The van der Waals surface area contributed by atoms with Crippen LogP contribution < -0.4 is 9.64 Å². The molecule has 2 aromatic carbocycles. The Morgan fingerprint density at radius 2 is 1.68 bits per heavy atom. The van der Waals surface area contributed by atoms with Crippen molar-refractivity contribution in [3.63, 3.8) is 0 Å². The molecule has 41 heavy (non-hydrogen) atoms. The molecule has 214 valence electrons. The van der Waals surface area contributed by atoms with E-state index in [4.69, 9.17) is 4.74 Å². The predicted molar refractivity (Wildman–Crippen MR) is 158 cm³/mol. The zero-order chi connectivity index (χ0) is 28.8. The molecule has 4 heterocycles. The first-order valence-electron chi connectivity index (χ1n) is 14.1. The number of fused-ring (bicyclic) bond motifs is 1. The summed E-state index contributed by atoms with van der Waals surface area (Å²) in [6.45, 7) is 6.27. The molecule has 2 aliphatic rings. The van der Waals surface area contributed by atoms with Crippen LogP contribution in [0, 0.1) is 19.3 Å². The predicted octanol–water partition coefficient (Wildman–Crippen LogP) is 4.70. The van der Waals surface area contributed by atoms with Gasteiger partial charge in [-0.05, 0) is 63.3 Å². The van der Waals surface area contributed by atoms with Crippen molar-refractivity contribution < 1.29 is 17.9 Å². The van der Waals surface area contributed by atoms with Crippen LogP contribution in [0.5, 0.6) is 5.88 Å². The van der Waals surface area contributed by atoms with Crippen molar-refractivity contribution in [1.29, 1.82) is 0 Å². The van der Waals surface area contributed by atoms with E-state index in [2.05, 4.69) is 14.9 Å². The number of rotatable bonds is 6. The van der Waals surface area contributed by atoms with Gasteiger partial charge in [0.15, 0.2) is 0 Å². The third-order valence-electron chi connectivity index (χ3n) is 8.56. The Hall–Kier alpha value is -3.92. The summed E-state index contributed by atoms with van der Waals surface area (Å²) in [5.74, 6) is 1.33. The number of carbonyl (C=O) groups is 1. The van der Waals surface area contributed by atoms with Gasteiger partial charge in [0.2, 0.25) is 17.7 Å². The Morgan fingerprint density at radius 1 is 0.951 bits per heavy atom. The van der Waals surface area contributed by atoms with E-state index in [9.17, 15) is 13.2 Å². The molecule has 0 N–H and O–H groups in total. The minimum absolute atomic E-state index is 0.157. The van der Waals surface area contributed by atoms with E-state index in [-0.39, 0.29) is 10.8 Å². The molecule has 0 saturated carbocycles. The monoisotopic (exact) mass is 573 g/mol. The van der Waals surface area contributed by atoms with Gasteiger partial charge in [-0.1, -0.05) is 35.9 Å². The quantitative estimate of drug-likeness (QED) is 0.330. The highest BCUT2D eigenvalue weighted by Crippen LogP contribution is 2.42. The number of anilines is 1. The minimum Gasteiger partial charge on any atom is -0.481 e. The van der Waals surface area contributed by atoms with Gasteiger partial charge in [0, 0.05) is 49.5 Å². The standard InChI is InChI=1S/C31H35N5O4S/c1-22-9-11-25(12-10-22)41(38,39)36-21-24(26-7-4-5-8-27(26)36)20-35-16-6-13-31(29(35)37)14-17-34(18-15-31)30-32-23(2)19-28(33-30)40-3/h4-5,7-12,19,21H,6,13-18,20H2,1-3H3. The molecule has 4 aromatic rings. The van der Waals surface area contributed by atoms with E-state index in [1.54, 1.807) is 43.6 Å². The van der Waals surface area contributed by atoms with Gasteiger partial charge in [0.25, 0.3) is 10.0 Å². The summed E-state index contributed by atoms with van der Waals surface area (Å²) in [6, 6.07) is 16.2. The van der Waals surface area contributed by atoms with Gasteiger partial charge in [-0.25, -0.2) is 17.4 Å². The normalized spacial score (nSPS) is 17.4. The summed E-state index contributed by atoms with van der Waals surface area (Å²) in [6.07, 6.45) is 4.93. The molecular weight excluding hydrogens is 538 g/mol. The highest BCUT2D eigenvalue weighted by molar-refractivity contribution is 7.90. The van der Waals surface area contributed by atoms with Crippen molar-refractivity contribution in [2.75, 3.05) is 31.6 Å². The van der Waals surface area contributed by atoms with Crippen molar-refractivity contribution in [3.8, 4) is 5.88 Å². The molecule has 0 bridgehead atoms. The largest absolute Gasteiger partial charge is 0.481 e. The number of carbonyl (C=O) groups excluding carboxylic acids is 1. The molecule has 2 aromatic heterocycles. The molecule has 10 heteroatoms. The molecule has 0 radical (unpaired) electrons.